The average molecular weight is 269 g/mol. The molecule has 1 aromatic heterocycles. The highest BCUT2D eigenvalue weighted by atomic mass is 19.4. The van der Waals surface area contributed by atoms with Crippen molar-refractivity contribution in [1.82, 2.24) is 4.98 Å². The minimum atomic E-state index is -4.43. The number of alkyl halides is 3. The third-order valence-corrected chi connectivity index (χ3v) is 2.55. The number of benzene rings is 1. The molecule has 2 rings (SSSR count). The summed E-state index contributed by atoms with van der Waals surface area (Å²) in [7, 11) is 0. The second kappa shape index (κ2) is 4.53. The van der Waals surface area contributed by atoms with Crippen molar-refractivity contribution in [1.29, 1.82) is 0 Å². The number of hydrogen-bond acceptors (Lipinski definition) is 3. The number of aryl methyl sites for hydroxylation is 1. The topological polar surface area (TPSA) is 43.1 Å². The highest BCUT2D eigenvalue weighted by molar-refractivity contribution is 5.92. The summed E-state index contributed by atoms with van der Waals surface area (Å²) in [6, 6.07) is 4.62. The first-order valence-corrected chi connectivity index (χ1v) is 5.45. The minimum Gasteiger partial charge on any atom is -0.433 e. The molecule has 0 fully saturated rings. The molecule has 0 N–H and O–H groups in total. The lowest BCUT2D eigenvalue weighted by molar-refractivity contribution is -0.137. The lowest BCUT2D eigenvalue weighted by Crippen LogP contribution is -2.04. The SMILES string of the molecule is CC(=O)c1oc(-c2cccc(C(F)(F)F)c2)nc1C. The van der Waals surface area contributed by atoms with E-state index in [2.05, 4.69) is 4.98 Å². The molecular weight excluding hydrogens is 259 g/mol. The van der Waals surface area contributed by atoms with E-state index in [1.807, 2.05) is 0 Å². The van der Waals surface area contributed by atoms with Gasteiger partial charge in [-0.05, 0) is 25.1 Å². The summed E-state index contributed by atoms with van der Waals surface area (Å²) in [5, 5.41) is 0. The van der Waals surface area contributed by atoms with E-state index >= 15 is 0 Å². The number of hydrogen-bond donors (Lipinski definition) is 0. The summed E-state index contributed by atoms with van der Waals surface area (Å²) < 4.78 is 43.0. The van der Waals surface area contributed by atoms with E-state index < -0.39 is 11.7 Å². The van der Waals surface area contributed by atoms with Crippen LogP contribution in [0.2, 0.25) is 0 Å². The molecule has 19 heavy (non-hydrogen) atoms. The molecule has 0 unspecified atom stereocenters. The maximum Gasteiger partial charge on any atom is 0.416 e. The van der Waals surface area contributed by atoms with Crippen molar-refractivity contribution in [2.75, 3.05) is 0 Å². The zero-order chi connectivity index (χ0) is 14.2. The molecule has 0 atom stereocenters. The van der Waals surface area contributed by atoms with Crippen molar-refractivity contribution in [2.45, 2.75) is 20.0 Å². The summed E-state index contributed by atoms with van der Waals surface area (Å²) in [4.78, 5) is 15.2. The monoisotopic (exact) mass is 269 g/mol. The van der Waals surface area contributed by atoms with Crippen LogP contribution in [0.3, 0.4) is 0 Å². The van der Waals surface area contributed by atoms with Crippen LogP contribution in [0.5, 0.6) is 0 Å². The molecular formula is C13H10F3NO2. The molecule has 0 bridgehead atoms. The Labute approximate surface area is 107 Å². The van der Waals surface area contributed by atoms with Crippen LogP contribution in [0.1, 0.15) is 28.7 Å². The zero-order valence-corrected chi connectivity index (χ0v) is 10.2. The third-order valence-electron chi connectivity index (χ3n) is 2.55. The molecule has 0 radical (unpaired) electrons. The first kappa shape index (κ1) is 13.3. The van der Waals surface area contributed by atoms with Crippen LogP contribution in [0, 0.1) is 6.92 Å². The van der Waals surface area contributed by atoms with Crippen LogP contribution in [0.4, 0.5) is 13.2 Å². The van der Waals surface area contributed by atoms with E-state index in [1.165, 1.54) is 19.1 Å². The number of rotatable bonds is 2. The Morgan fingerprint density at radius 1 is 1.32 bits per heavy atom. The summed E-state index contributed by atoms with van der Waals surface area (Å²) in [6.45, 7) is 2.88. The molecule has 0 saturated carbocycles. The average Bonchev–Trinajstić information content (AvgIpc) is 2.70. The standard InChI is InChI=1S/C13H10F3NO2/c1-7-11(8(2)18)19-12(17-7)9-4-3-5-10(6-9)13(14,15)16/h3-6H,1-2H3. The Kier molecular flexibility index (Phi) is 3.18. The smallest absolute Gasteiger partial charge is 0.416 e. The maximum atomic E-state index is 12.6. The Bertz CT molecular complexity index is 629. The number of carbonyl (C=O) groups is 1. The van der Waals surface area contributed by atoms with E-state index in [1.54, 1.807) is 6.92 Å². The van der Waals surface area contributed by atoms with Gasteiger partial charge >= 0.3 is 6.18 Å². The number of carbonyl (C=O) groups excluding carboxylic acids is 1. The second-order valence-corrected chi connectivity index (χ2v) is 4.07. The molecule has 1 heterocycles. The molecule has 0 aliphatic rings. The maximum absolute atomic E-state index is 12.6. The fraction of sp³-hybridized carbons (Fsp3) is 0.231. The molecule has 100 valence electrons. The van der Waals surface area contributed by atoms with Crippen molar-refractivity contribution in [3.63, 3.8) is 0 Å². The van der Waals surface area contributed by atoms with Crippen molar-refractivity contribution >= 4 is 5.78 Å². The molecule has 0 spiro atoms. The second-order valence-electron chi connectivity index (χ2n) is 4.07. The minimum absolute atomic E-state index is 0.00815. The number of ketones is 1. The van der Waals surface area contributed by atoms with Crippen molar-refractivity contribution in [3.8, 4) is 11.5 Å². The highest BCUT2D eigenvalue weighted by Gasteiger charge is 2.30. The lowest BCUT2D eigenvalue weighted by atomic mass is 10.1. The molecule has 0 aliphatic heterocycles. The normalized spacial score (nSPS) is 11.6. The van der Waals surface area contributed by atoms with Crippen molar-refractivity contribution in [3.05, 3.63) is 41.3 Å². The summed E-state index contributed by atoms with van der Waals surface area (Å²) in [5.41, 5.74) is -0.240. The van der Waals surface area contributed by atoms with E-state index in [0.29, 0.717) is 5.69 Å². The predicted octanol–water partition coefficient (Wildman–Crippen LogP) is 3.87. The molecule has 0 amide bonds. The Morgan fingerprint density at radius 3 is 2.53 bits per heavy atom. The van der Waals surface area contributed by atoms with Gasteiger partial charge in [-0.25, -0.2) is 4.98 Å². The zero-order valence-electron chi connectivity index (χ0n) is 10.2. The van der Waals surface area contributed by atoms with Gasteiger partial charge in [0, 0.05) is 12.5 Å². The third kappa shape index (κ3) is 2.67. The Balaban J connectivity index is 2.48. The van der Waals surface area contributed by atoms with Crippen LogP contribution in [0.25, 0.3) is 11.5 Å². The number of Topliss-reactive ketones (excluding diaryl/α,β-unsaturated/α-hetero) is 1. The van der Waals surface area contributed by atoms with E-state index in [0.717, 1.165) is 12.1 Å². The van der Waals surface area contributed by atoms with Crippen LogP contribution in [0.15, 0.2) is 28.7 Å². The quantitative estimate of drug-likeness (QED) is 0.777. The fourth-order valence-electron chi connectivity index (χ4n) is 1.68. The van der Waals surface area contributed by atoms with E-state index in [4.69, 9.17) is 4.42 Å². The van der Waals surface area contributed by atoms with Crippen molar-refractivity contribution in [2.24, 2.45) is 0 Å². The fourth-order valence-corrected chi connectivity index (χ4v) is 1.68. The first-order chi connectivity index (χ1) is 8.79. The van der Waals surface area contributed by atoms with Gasteiger partial charge in [0.1, 0.15) is 0 Å². The van der Waals surface area contributed by atoms with E-state index in [-0.39, 0.29) is 23.0 Å². The molecule has 0 saturated heterocycles. The van der Waals surface area contributed by atoms with Crippen molar-refractivity contribution < 1.29 is 22.4 Å². The molecule has 1 aromatic carbocycles. The largest absolute Gasteiger partial charge is 0.433 e. The molecule has 0 aliphatic carbocycles. The van der Waals surface area contributed by atoms with Gasteiger partial charge in [-0.2, -0.15) is 13.2 Å². The van der Waals surface area contributed by atoms with Crippen LogP contribution < -0.4 is 0 Å². The van der Waals surface area contributed by atoms with Gasteiger partial charge in [0.25, 0.3) is 0 Å². The Morgan fingerprint density at radius 2 is 2.00 bits per heavy atom. The number of halogens is 3. The predicted molar refractivity (Wildman–Crippen MR) is 61.7 cm³/mol. The molecule has 2 aromatic rings. The van der Waals surface area contributed by atoms with Gasteiger partial charge in [-0.15, -0.1) is 0 Å². The summed E-state index contributed by atoms with van der Waals surface area (Å²) >= 11 is 0. The van der Waals surface area contributed by atoms with Gasteiger partial charge in [0.15, 0.2) is 11.5 Å². The van der Waals surface area contributed by atoms with Crippen LogP contribution in [-0.4, -0.2) is 10.8 Å². The van der Waals surface area contributed by atoms with Crippen LogP contribution in [-0.2, 0) is 6.18 Å². The lowest BCUT2D eigenvalue weighted by Gasteiger charge is -2.06. The molecule has 3 nitrogen and oxygen atoms in total. The van der Waals surface area contributed by atoms with Crippen LogP contribution >= 0.6 is 0 Å². The van der Waals surface area contributed by atoms with Gasteiger partial charge in [-0.3, -0.25) is 4.79 Å². The summed E-state index contributed by atoms with van der Waals surface area (Å²) in [5.74, 6) is -0.246. The number of oxazole rings is 1. The molecule has 6 heteroatoms. The number of nitrogens with zero attached hydrogens (tertiary/aromatic N) is 1. The number of aromatic nitrogens is 1. The van der Waals surface area contributed by atoms with E-state index in [9.17, 15) is 18.0 Å². The van der Waals surface area contributed by atoms with Gasteiger partial charge in [0.2, 0.25) is 5.89 Å². The summed E-state index contributed by atoms with van der Waals surface area (Å²) in [6.07, 6.45) is -4.43. The van der Waals surface area contributed by atoms with Gasteiger partial charge in [-0.1, -0.05) is 6.07 Å². The van der Waals surface area contributed by atoms with Gasteiger partial charge < -0.3 is 4.42 Å². The Hall–Kier alpha value is -2.11. The highest BCUT2D eigenvalue weighted by Crippen LogP contribution is 2.32. The first-order valence-electron chi connectivity index (χ1n) is 5.45. The van der Waals surface area contributed by atoms with Gasteiger partial charge in [0.05, 0.1) is 11.3 Å².